The third-order valence-electron chi connectivity index (χ3n) is 2.74. The smallest absolute Gasteiger partial charge is 0.203 e. The van der Waals surface area contributed by atoms with Gasteiger partial charge >= 0.3 is 0 Å². The van der Waals surface area contributed by atoms with E-state index in [2.05, 4.69) is 10.3 Å². The lowest BCUT2D eigenvalue weighted by atomic mass is 10.3. The zero-order chi connectivity index (χ0) is 13.9. The number of hydrogen-bond acceptors (Lipinski definition) is 5. The number of aryl methyl sites for hydroxylation is 1. The highest BCUT2D eigenvalue weighted by atomic mass is 32.2. The summed E-state index contributed by atoms with van der Waals surface area (Å²) in [6.07, 6.45) is 1.22. The Labute approximate surface area is 112 Å². The van der Waals surface area contributed by atoms with Crippen LogP contribution in [0.15, 0.2) is 24.3 Å². The molecule has 0 aliphatic rings. The van der Waals surface area contributed by atoms with Crippen molar-refractivity contribution in [3.8, 4) is 0 Å². The molecule has 0 aliphatic carbocycles. The molecule has 0 saturated carbocycles. The van der Waals surface area contributed by atoms with Crippen molar-refractivity contribution in [2.75, 3.05) is 30.5 Å². The molecule has 0 bridgehead atoms. The minimum absolute atomic E-state index is 0.00468. The number of imidazole rings is 1. The first-order chi connectivity index (χ1) is 9.01. The number of benzene rings is 1. The summed E-state index contributed by atoms with van der Waals surface area (Å²) in [7, 11) is -3.03. The monoisotopic (exact) mass is 283 g/mol. The highest BCUT2D eigenvalue weighted by Crippen LogP contribution is 2.19. The van der Waals surface area contributed by atoms with E-state index >= 15 is 0 Å². The van der Waals surface area contributed by atoms with E-state index < -0.39 is 9.84 Å². The second-order valence-corrected chi connectivity index (χ2v) is 6.62. The van der Waals surface area contributed by atoms with Gasteiger partial charge in [0.05, 0.1) is 23.4 Å². The first kappa shape index (κ1) is 13.8. The van der Waals surface area contributed by atoms with Gasteiger partial charge in [-0.2, -0.15) is 0 Å². The van der Waals surface area contributed by atoms with Crippen LogP contribution >= 0.6 is 0 Å². The molecule has 0 saturated heterocycles. The Morgan fingerprint density at radius 1 is 1.37 bits per heavy atom. The fourth-order valence-corrected chi connectivity index (χ4v) is 2.38. The third kappa shape index (κ3) is 3.45. The number of hydrogen-bond donors (Lipinski definition) is 2. The van der Waals surface area contributed by atoms with Crippen LogP contribution in [0.25, 0.3) is 11.0 Å². The predicted octanol–water partition coefficient (Wildman–Crippen LogP) is 0.485. The van der Waals surface area contributed by atoms with Crippen molar-refractivity contribution in [1.29, 1.82) is 0 Å². The molecule has 0 spiro atoms. The van der Waals surface area contributed by atoms with E-state index in [0.29, 0.717) is 19.0 Å². The van der Waals surface area contributed by atoms with Crippen LogP contribution in [0.1, 0.15) is 0 Å². The lowest BCUT2D eigenvalue weighted by molar-refractivity contribution is 0.310. The summed E-state index contributed by atoms with van der Waals surface area (Å²) < 4.78 is 24.4. The average Bonchev–Trinajstić information content (AvgIpc) is 2.70. The lowest BCUT2D eigenvalue weighted by Crippen LogP contribution is -2.15. The predicted molar refractivity (Wildman–Crippen MR) is 75.0 cm³/mol. The van der Waals surface area contributed by atoms with Gasteiger partial charge in [-0.3, -0.25) is 0 Å². The molecular weight excluding hydrogens is 266 g/mol. The van der Waals surface area contributed by atoms with Crippen LogP contribution < -0.4 is 5.32 Å². The summed E-state index contributed by atoms with van der Waals surface area (Å²) in [5.74, 6) is 0.639. The first-order valence-corrected chi connectivity index (χ1v) is 8.05. The van der Waals surface area contributed by atoms with E-state index in [-0.39, 0.29) is 12.4 Å². The lowest BCUT2D eigenvalue weighted by Gasteiger charge is -2.09. The molecule has 1 aromatic carbocycles. The summed E-state index contributed by atoms with van der Waals surface area (Å²) in [6.45, 7) is 0.713. The standard InChI is InChI=1S/C12H17N3O3S/c1-19(17,18)9-7-15-11-5-3-2-4-10(11)14-12(15)13-6-8-16/h2-5,16H,6-9H2,1H3,(H,13,14). The van der Waals surface area contributed by atoms with Crippen molar-refractivity contribution < 1.29 is 13.5 Å². The molecule has 0 radical (unpaired) electrons. The van der Waals surface area contributed by atoms with Gasteiger partial charge in [-0.05, 0) is 12.1 Å². The number of fused-ring (bicyclic) bond motifs is 1. The Morgan fingerprint density at radius 3 is 2.79 bits per heavy atom. The third-order valence-corrected chi connectivity index (χ3v) is 3.66. The van der Waals surface area contributed by atoms with E-state index in [0.717, 1.165) is 11.0 Å². The highest BCUT2D eigenvalue weighted by molar-refractivity contribution is 7.90. The number of sulfone groups is 1. The number of nitrogens with zero attached hydrogens (tertiary/aromatic N) is 2. The van der Waals surface area contributed by atoms with E-state index in [1.165, 1.54) is 6.26 Å². The molecule has 6 nitrogen and oxygen atoms in total. The van der Waals surface area contributed by atoms with Gasteiger partial charge in [0.2, 0.25) is 5.95 Å². The normalized spacial score (nSPS) is 11.9. The zero-order valence-corrected chi connectivity index (χ0v) is 11.5. The van der Waals surface area contributed by atoms with Crippen LogP contribution in [-0.2, 0) is 16.4 Å². The fraction of sp³-hybridized carbons (Fsp3) is 0.417. The molecule has 104 valence electrons. The van der Waals surface area contributed by atoms with Crippen LogP contribution in [0.3, 0.4) is 0 Å². The minimum Gasteiger partial charge on any atom is -0.395 e. The molecule has 0 fully saturated rings. The summed E-state index contributed by atoms with van der Waals surface area (Å²) >= 11 is 0. The molecule has 0 unspecified atom stereocenters. The molecular formula is C12H17N3O3S. The van der Waals surface area contributed by atoms with Gasteiger partial charge in [0, 0.05) is 19.3 Å². The molecule has 1 aromatic heterocycles. The summed E-state index contributed by atoms with van der Waals surface area (Å²) in [5, 5.41) is 11.9. The number of rotatable bonds is 6. The van der Waals surface area contributed by atoms with E-state index in [4.69, 9.17) is 5.11 Å². The minimum atomic E-state index is -3.03. The molecule has 0 atom stereocenters. The number of nitrogens with one attached hydrogen (secondary N) is 1. The molecule has 2 N–H and O–H groups in total. The van der Waals surface area contributed by atoms with Crippen LogP contribution in [0, 0.1) is 0 Å². The quantitative estimate of drug-likeness (QED) is 0.806. The van der Waals surface area contributed by atoms with Crippen molar-refractivity contribution in [3.63, 3.8) is 0 Å². The first-order valence-electron chi connectivity index (χ1n) is 5.99. The number of aromatic nitrogens is 2. The van der Waals surface area contributed by atoms with Gasteiger partial charge in [-0.25, -0.2) is 13.4 Å². The molecule has 1 heterocycles. The largest absolute Gasteiger partial charge is 0.395 e. The van der Waals surface area contributed by atoms with Crippen LogP contribution in [0.4, 0.5) is 5.95 Å². The van der Waals surface area contributed by atoms with E-state index in [1.807, 2.05) is 28.8 Å². The molecule has 2 aromatic rings. The summed E-state index contributed by atoms with van der Waals surface area (Å²) in [5.41, 5.74) is 1.68. The average molecular weight is 283 g/mol. The number of para-hydroxylation sites is 2. The van der Waals surface area contributed by atoms with Gasteiger partial charge in [0.25, 0.3) is 0 Å². The van der Waals surface area contributed by atoms with Gasteiger partial charge < -0.3 is 15.0 Å². The Hall–Kier alpha value is -1.60. The number of anilines is 1. The van der Waals surface area contributed by atoms with Crippen molar-refractivity contribution >= 4 is 26.8 Å². The fourth-order valence-electron chi connectivity index (χ4n) is 1.86. The Kier molecular flexibility index (Phi) is 4.06. The summed E-state index contributed by atoms with van der Waals surface area (Å²) in [6, 6.07) is 7.54. The van der Waals surface area contributed by atoms with Gasteiger partial charge in [-0.15, -0.1) is 0 Å². The maximum atomic E-state index is 11.3. The van der Waals surface area contributed by atoms with Crippen molar-refractivity contribution in [3.05, 3.63) is 24.3 Å². The van der Waals surface area contributed by atoms with E-state index in [1.54, 1.807) is 0 Å². The maximum absolute atomic E-state index is 11.3. The molecule has 7 heteroatoms. The molecule has 0 aliphatic heterocycles. The van der Waals surface area contributed by atoms with Crippen LogP contribution in [0.2, 0.25) is 0 Å². The second kappa shape index (κ2) is 5.58. The Bertz CT molecular complexity index is 664. The van der Waals surface area contributed by atoms with Crippen LogP contribution in [-0.4, -0.2) is 48.2 Å². The molecule has 19 heavy (non-hydrogen) atoms. The van der Waals surface area contributed by atoms with Crippen molar-refractivity contribution in [1.82, 2.24) is 9.55 Å². The van der Waals surface area contributed by atoms with Gasteiger partial charge in [-0.1, -0.05) is 12.1 Å². The number of aliphatic hydroxyl groups is 1. The maximum Gasteiger partial charge on any atom is 0.203 e. The Morgan fingerprint density at radius 2 is 2.11 bits per heavy atom. The molecule has 2 rings (SSSR count). The van der Waals surface area contributed by atoms with E-state index in [9.17, 15) is 8.42 Å². The highest BCUT2D eigenvalue weighted by Gasteiger charge is 2.11. The van der Waals surface area contributed by atoms with Crippen LogP contribution in [0.5, 0.6) is 0 Å². The van der Waals surface area contributed by atoms with Crippen molar-refractivity contribution in [2.24, 2.45) is 0 Å². The Balaban J connectivity index is 2.36. The number of aliphatic hydroxyl groups excluding tert-OH is 1. The zero-order valence-electron chi connectivity index (χ0n) is 10.7. The van der Waals surface area contributed by atoms with Crippen molar-refractivity contribution in [2.45, 2.75) is 6.54 Å². The topological polar surface area (TPSA) is 84.2 Å². The summed E-state index contributed by atoms with van der Waals surface area (Å²) in [4.78, 5) is 4.40. The second-order valence-electron chi connectivity index (χ2n) is 4.36. The SMILES string of the molecule is CS(=O)(=O)CCn1c(NCCO)nc2ccccc21. The van der Waals surface area contributed by atoms with Gasteiger partial charge in [0.15, 0.2) is 0 Å². The molecule has 0 amide bonds. The van der Waals surface area contributed by atoms with Gasteiger partial charge in [0.1, 0.15) is 9.84 Å².